The number of ether oxygens (including phenoxy) is 1. The van der Waals surface area contributed by atoms with Crippen LogP contribution in [0.5, 0.6) is 5.75 Å². The van der Waals surface area contributed by atoms with E-state index in [-0.39, 0.29) is 5.75 Å². The predicted octanol–water partition coefficient (Wildman–Crippen LogP) is 2.70. The summed E-state index contributed by atoms with van der Waals surface area (Å²) in [5.41, 5.74) is 0.932. The molecule has 2 rings (SSSR count). The second-order valence-corrected chi connectivity index (χ2v) is 3.40. The first-order valence-electron chi connectivity index (χ1n) is 4.87. The van der Waals surface area contributed by atoms with E-state index < -0.39 is 6.61 Å². The Morgan fingerprint density at radius 1 is 1.33 bits per heavy atom. The fourth-order valence-electron chi connectivity index (χ4n) is 1.68. The van der Waals surface area contributed by atoms with Crippen LogP contribution in [-0.2, 0) is 0 Å². The van der Waals surface area contributed by atoms with Gasteiger partial charge in [-0.25, -0.2) is 0 Å². The van der Waals surface area contributed by atoms with Crippen LogP contribution in [-0.4, -0.2) is 19.7 Å². The van der Waals surface area contributed by atoms with Crippen LogP contribution >= 0.6 is 0 Å². The molecule has 1 saturated heterocycles. The van der Waals surface area contributed by atoms with Crippen LogP contribution in [0.15, 0.2) is 24.3 Å². The smallest absolute Gasteiger partial charge is 0.387 e. The van der Waals surface area contributed by atoms with E-state index in [0.29, 0.717) is 0 Å². The zero-order valence-electron chi connectivity index (χ0n) is 8.20. The maximum atomic E-state index is 12.0. The van der Waals surface area contributed by atoms with Crippen molar-refractivity contribution in [1.82, 2.24) is 0 Å². The van der Waals surface area contributed by atoms with Crippen molar-refractivity contribution >= 4 is 5.69 Å². The largest absolute Gasteiger partial charge is 0.435 e. The van der Waals surface area contributed by atoms with Gasteiger partial charge in [-0.15, -0.1) is 0 Å². The van der Waals surface area contributed by atoms with Crippen molar-refractivity contribution in [2.45, 2.75) is 13.0 Å². The summed E-state index contributed by atoms with van der Waals surface area (Å²) in [6.45, 7) is -0.943. The highest BCUT2D eigenvalue weighted by Crippen LogP contribution is 2.24. The Morgan fingerprint density at radius 3 is 2.87 bits per heavy atom. The van der Waals surface area contributed by atoms with Gasteiger partial charge in [0.25, 0.3) is 0 Å². The Balaban J connectivity index is 2.11. The minimum absolute atomic E-state index is 0.217. The number of nitrogens with zero attached hydrogens (tertiary/aromatic N) is 1. The monoisotopic (exact) mass is 212 g/mol. The molecule has 1 heterocycles. The van der Waals surface area contributed by atoms with Crippen molar-refractivity contribution < 1.29 is 13.5 Å². The molecular formula is C11H12F2NO. The molecule has 0 bridgehead atoms. The van der Waals surface area contributed by atoms with Gasteiger partial charge >= 0.3 is 6.61 Å². The normalized spacial score (nSPS) is 16.1. The molecule has 0 N–H and O–H groups in total. The van der Waals surface area contributed by atoms with Crippen LogP contribution in [0.3, 0.4) is 0 Å². The maximum Gasteiger partial charge on any atom is 0.387 e. The van der Waals surface area contributed by atoms with Gasteiger partial charge in [-0.2, -0.15) is 8.78 Å². The number of hydrogen-bond donors (Lipinski definition) is 0. The number of rotatable bonds is 3. The van der Waals surface area contributed by atoms with Gasteiger partial charge in [0.1, 0.15) is 5.75 Å². The average molecular weight is 212 g/mol. The molecule has 81 valence electrons. The molecule has 1 aliphatic heterocycles. The lowest BCUT2D eigenvalue weighted by atomic mass is 10.3. The van der Waals surface area contributed by atoms with Gasteiger partial charge in [-0.3, -0.25) is 0 Å². The summed E-state index contributed by atoms with van der Waals surface area (Å²) < 4.78 is 28.3. The van der Waals surface area contributed by atoms with E-state index in [1.807, 2.05) is 6.07 Å². The highest BCUT2D eigenvalue weighted by atomic mass is 19.3. The van der Waals surface area contributed by atoms with Gasteiger partial charge in [0.15, 0.2) is 0 Å². The van der Waals surface area contributed by atoms with E-state index in [4.69, 9.17) is 0 Å². The van der Waals surface area contributed by atoms with Crippen LogP contribution in [0.2, 0.25) is 0 Å². The molecular weight excluding hydrogens is 200 g/mol. The van der Waals surface area contributed by atoms with Crippen molar-refractivity contribution in [2.24, 2.45) is 0 Å². The standard InChI is InChI=1S/C11H12F2NO/c12-11(13)15-10-5-3-4-9(8-10)14-6-1-2-7-14/h1,3-5,8,11H,2,6-7H2. The first kappa shape index (κ1) is 10.2. The lowest BCUT2D eigenvalue weighted by Crippen LogP contribution is -2.17. The van der Waals surface area contributed by atoms with Gasteiger partial charge in [0, 0.05) is 24.8 Å². The Bertz CT molecular complexity index is 324. The van der Waals surface area contributed by atoms with E-state index in [1.165, 1.54) is 6.07 Å². The number of benzene rings is 1. The van der Waals surface area contributed by atoms with E-state index in [9.17, 15) is 8.78 Å². The number of anilines is 1. The van der Waals surface area contributed by atoms with Crippen LogP contribution in [0, 0.1) is 6.42 Å². The Kier molecular flexibility index (Phi) is 3.04. The third-order valence-electron chi connectivity index (χ3n) is 2.36. The third-order valence-corrected chi connectivity index (χ3v) is 2.36. The summed E-state index contributed by atoms with van der Waals surface area (Å²) in [5, 5.41) is 0. The summed E-state index contributed by atoms with van der Waals surface area (Å²) in [7, 11) is 0. The summed E-state index contributed by atoms with van der Waals surface area (Å²) in [6.07, 6.45) is 3.21. The lowest BCUT2D eigenvalue weighted by molar-refractivity contribution is -0.0498. The van der Waals surface area contributed by atoms with E-state index in [2.05, 4.69) is 16.1 Å². The Morgan fingerprint density at radius 2 is 2.20 bits per heavy atom. The quantitative estimate of drug-likeness (QED) is 0.763. The molecule has 1 fully saturated rings. The fraction of sp³-hybridized carbons (Fsp3) is 0.364. The van der Waals surface area contributed by atoms with Crippen molar-refractivity contribution in [2.75, 3.05) is 18.0 Å². The Hall–Kier alpha value is -1.32. The first-order chi connectivity index (χ1) is 7.25. The van der Waals surface area contributed by atoms with Crippen molar-refractivity contribution in [1.29, 1.82) is 0 Å². The zero-order valence-corrected chi connectivity index (χ0v) is 8.20. The highest BCUT2D eigenvalue weighted by Gasteiger charge is 2.13. The van der Waals surface area contributed by atoms with Gasteiger partial charge in [-0.1, -0.05) is 6.07 Å². The van der Waals surface area contributed by atoms with Crippen LogP contribution in [0.1, 0.15) is 6.42 Å². The van der Waals surface area contributed by atoms with E-state index >= 15 is 0 Å². The third kappa shape index (κ3) is 2.58. The number of alkyl halides is 2. The number of hydrogen-bond acceptors (Lipinski definition) is 2. The molecule has 4 heteroatoms. The summed E-state index contributed by atoms with van der Waals surface area (Å²) in [6, 6.07) is 6.81. The SMILES string of the molecule is FC(F)Oc1cccc(N2C[CH]CC2)c1. The topological polar surface area (TPSA) is 12.5 Å². The van der Waals surface area contributed by atoms with Crippen molar-refractivity contribution in [3.8, 4) is 5.75 Å². The molecule has 1 aromatic carbocycles. The average Bonchev–Trinajstić information content (AvgIpc) is 2.69. The van der Waals surface area contributed by atoms with Crippen LogP contribution in [0.4, 0.5) is 14.5 Å². The second kappa shape index (κ2) is 4.47. The summed E-state index contributed by atoms with van der Waals surface area (Å²) in [5.74, 6) is 0.217. The second-order valence-electron chi connectivity index (χ2n) is 3.40. The molecule has 0 spiro atoms. The summed E-state index contributed by atoms with van der Waals surface area (Å²) >= 11 is 0. The van der Waals surface area contributed by atoms with Crippen molar-refractivity contribution in [3.05, 3.63) is 30.7 Å². The van der Waals surface area contributed by atoms with Gasteiger partial charge in [0.2, 0.25) is 0 Å². The van der Waals surface area contributed by atoms with Crippen molar-refractivity contribution in [3.63, 3.8) is 0 Å². The maximum absolute atomic E-state index is 12.0. The predicted molar refractivity (Wildman–Crippen MR) is 54.2 cm³/mol. The molecule has 0 unspecified atom stereocenters. The van der Waals surface area contributed by atoms with Gasteiger partial charge in [0.05, 0.1) is 0 Å². The number of halogens is 2. The molecule has 0 amide bonds. The molecule has 1 aliphatic rings. The minimum atomic E-state index is -2.76. The molecule has 0 atom stereocenters. The molecule has 1 radical (unpaired) electrons. The van der Waals surface area contributed by atoms with E-state index in [0.717, 1.165) is 25.2 Å². The molecule has 0 saturated carbocycles. The molecule has 2 nitrogen and oxygen atoms in total. The lowest BCUT2D eigenvalue weighted by Gasteiger charge is -2.18. The minimum Gasteiger partial charge on any atom is -0.435 e. The van der Waals surface area contributed by atoms with Gasteiger partial charge < -0.3 is 9.64 Å². The van der Waals surface area contributed by atoms with Crippen LogP contribution in [0.25, 0.3) is 0 Å². The fourth-order valence-corrected chi connectivity index (χ4v) is 1.68. The zero-order chi connectivity index (χ0) is 10.7. The highest BCUT2D eigenvalue weighted by molar-refractivity contribution is 5.51. The molecule has 1 aromatic rings. The Labute approximate surface area is 87.5 Å². The summed E-state index contributed by atoms with van der Waals surface area (Å²) in [4.78, 5) is 2.12. The molecule has 0 aromatic heterocycles. The van der Waals surface area contributed by atoms with Gasteiger partial charge in [-0.05, 0) is 25.0 Å². The molecule has 0 aliphatic carbocycles. The van der Waals surface area contributed by atoms with Crippen LogP contribution < -0.4 is 9.64 Å². The first-order valence-corrected chi connectivity index (χ1v) is 4.87. The molecule has 15 heavy (non-hydrogen) atoms. The van der Waals surface area contributed by atoms with E-state index in [1.54, 1.807) is 12.1 Å².